The Labute approximate surface area is 198 Å². The van der Waals surface area contributed by atoms with Crippen molar-refractivity contribution in [2.24, 2.45) is 0 Å². The molecule has 1 aliphatic heterocycles. The van der Waals surface area contributed by atoms with Gasteiger partial charge in [-0.2, -0.15) is 0 Å². The van der Waals surface area contributed by atoms with E-state index in [4.69, 9.17) is 4.74 Å². The van der Waals surface area contributed by atoms with Crippen LogP contribution >= 0.6 is 0 Å². The zero-order valence-electron chi connectivity index (χ0n) is 19.4. The number of benzene rings is 3. The third-order valence-electron chi connectivity index (χ3n) is 7.07. The number of H-pyrrole nitrogens is 2. The lowest BCUT2D eigenvalue weighted by atomic mass is 9.91. The third kappa shape index (κ3) is 3.40. The molecule has 0 amide bonds. The van der Waals surface area contributed by atoms with E-state index in [1.165, 1.54) is 22.2 Å². The van der Waals surface area contributed by atoms with E-state index in [1.54, 1.807) is 7.11 Å². The Hall–Kier alpha value is -3.83. The van der Waals surface area contributed by atoms with E-state index >= 15 is 0 Å². The molecule has 5 heteroatoms. The van der Waals surface area contributed by atoms with Crippen LogP contribution in [0.1, 0.15) is 34.0 Å². The minimum Gasteiger partial charge on any atom is -0.496 e. The van der Waals surface area contributed by atoms with Crippen molar-refractivity contribution < 1.29 is 4.74 Å². The van der Waals surface area contributed by atoms with Crippen LogP contribution in [0.25, 0.3) is 21.8 Å². The number of methoxy groups -OCH3 is 1. The molecule has 6 rings (SSSR count). The Morgan fingerprint density at radius 1 is 0.971 bits per heavy atom. The van der Waals surface area contributed by atoms with E-state index in [-0.39, 0.29) is 11.6 Å². The fraction of sp³-hybridized carbons (Fsp3) is 0.207. The Morgan fingerprint density at radius 2 is 1.76 bits per heavy atom. The van der Waals surface area contributed by atoms with Crippen LogP contribution in [0.15, 0.2) is 77.6 Å². The van der Waals surface area contributed by atoms with Crippen molar-refractivity contribution in [1.82, 2.24) is 14.9 Å². The second-order valence-electron chi connectivity index (χ2n) is 9.13. The maximum Gasteiger partial charge on any atom is 0.252 e. The first-order chi connectivity index (χ1) is 16.6. The van der Waals surface area contributed by atoms with Crippen molar-refractivity contribution in [2.75, 3.05) is 13.7 Å². The summed E-state index contributed by atoms with van der Waals surface area (Å²) in [6.07, 6.45) is 0.941. The zero-order chi connectivity index (χ0) is 23.2. The van der Waals surface area contributed by atoms with Crippen LogP contribution in [0, 0.1) is 6.92 Å². The molecule has 5 nitrogen and oxygen atoms in total. The van der Waals surface area contributed by atoms with Gasteiger partial charge in [-0.3, -0.25) is 9.69 Å². The SMILES string of the molecule is COc1ccc(C2c3[nH]c4ccccc4c3CCN2Cc2cc3ccccc3[nH]c2=O)cc1C. The Kier molecular flexibility index (Phi) is 5.00. The second kappa shape index (κ2) is 8.19. The summed E-state index contributed by atoms with van der Waals surface area (Å²) in [5.41, 5.74) is 7.68. The number of aryl methyl sites for hydroxylation is 1. The van der Waals surface area contributed by atoms with Crippen molar-refractivity contribution in [3.05, 3.63) is 111 Å². The molecule has 3 heterocycles. The number of para-hydroxylation sites is 2. The number of pyridine rings is 1. The molecule has 2 aromatic heterocycles. The van der Waals surface area contributed by atoms with Crippen molar-refractivity contribution in [2.45, 2.75) is 25.9 Å². The Balaban J connectivity index is 1.48. The van der Waals surface area contributed by atoms with Crippen LogP contribution in [0.4, 0.5) is 0 Å². The number of hydrogen-bond donors (Lipinski definition) is 2. The van der Waals surface area contributed by atoms with Crippen LogP contribution in [0.2, 0.25) is 0 Å². The first-order valence-electron chi connectivity index (χ1n) is 11.7. The molecular weight excluding hydrogens is 422 g/mol. The normalized spacial score (nSPS) is 16.1. The van der Waals surface area contributed by atoms with Crippen molar-refractivity contribution in [1.29, 1.82) is 0 Å². The van der Waals surface area contributed by atoms with Crippen molar-refractivity contribution >= 4 is 21.8 Å². The molecule has 0 radical (unpaired) electrons. The second-order valence-corrected chi connectivity index (χ2v) is 9.13. The number of aromatic nitrogens is 2. The van der Waals surface area contributed by atoms with Gasteiger partial charge >= 0.3 is 0 Å². The molecule has 0 spiro atoms. The molecule has 2 N–H and O–H groups in total. The highest BCUT2D eigenvalue weighted by atomic mass is 16.5. The van der Waals surface area contributed by atoms with Gasteiger partial charge in [0.2, 0.25) is 0 Å². The van der Waals surface area contributed by atoms with Gasteiger partial charge in [0.1, 0.15) is 5.75 Å². The van der Waals surface area contributed by atoms with Crippen molar-refractivity contribution in [3.8, 4) is 5.75 Å². The molecule has 0 bridgehead atoms. The smallest absolute Gasteiger partial charge is 0.252 e. The summed E-state index contributed by atoms with van der Waals surface area (Å²) in [5, 5.41) is 2.34. The molecule has 0 saturated carbocycles. The topological polar surface area (TPSA) is 61.1 Å². The summed E-state index contributed by atoms with van der Waals surface area (Å²) in [5.74, 6) is 0.883. The number of aromatic amines is 2. The van der Waals surface area contributed by atoms with Gasteiger partial charge in [-0.15, -0.1) is 0 Å². The van der Waals surface area contributed by atoms with E-state index in [1.807, 2.05) is 36.4 Å². The lowest BCUT2D eigenvalue weighted by molar-refractivity contribution is 0.201. The van der Waals surface area contributed by atoms with Crippen LogP contribution in [-0.2, 0) is 13.0 Å². The number of hydrogen-bond acceptors (Lipinski definition) is 3. The van der Waals surface area contributed by atoms with Gasteiger partial charge in [0.25, 0.3) is 5.56 Å². The Bertz CT molecular complexity index is 1580. The standard InChI is InChI=1S/C29H27N3O2/c1-18-15-20(11-12-26(18)34-2)28-27-23(22-8-4-6-10-25(22)30-27)13-14-32(28)17-21-16-19-7-3-5-9-24(19)31-29(21)33/h3-12,15-16,28,30H,13-14,17H2,1-2H3,(H,31,33). The van der Waals surface area contributed by atoms with E-state index < -0.39 is 0 Å². The van der Waals surface area contributed by atoms with Crippen molar-refractivity contribution in [3.63, 3.8) is 0 Å². The minimum atomic E-state index is -0.0224. The number of nitrogens with one attached hydrogen (secondary N) is 2. The van der Waals surface area contributed by atoms with E-state index in [2.05, 4.69) is 58.2 Å². The van der Waals surface area contributed by atoms with Gasteiger partial charge in [-0.05, 0) is 59.7 Å². The predicted molar refractivity (Wildman–Crippen MR) is 137 cm³/mol. The van der Waals surface area contributed by atoms with Gasteiger partial charge in [0, 0.05) is 40.8 Å². The summed E-state index contributed by atoms with van der Waals surface area (Å²) >= 11 is 0. The first kappa shape index (κ1) is 20.8. The molecule has 34 heavy (non-hydrogen) atoms. The summed E-state index contributed by atoms with van der Waals surface area (Å²) in [7, 11) is 1.71. The fourth-order valence-electron chi connectivity index (χ4n) is 5.44. The molecule has 1 atom stereocenters. The molecule has 170 valence electrons. The molecule has 5 aromatic rings. The lowest BCUT2D eigenvalue weighted by Gasteiger charge is -2.36. The average molecular weight is 450 g/mol. The molecule has 1 aliphatic rings. The first-order valence-corrected chi connectivity index (χ1v) is 11.7. The third-order valence-corrected chi connectivity index (χ3v) is 7.07. The van der Waals surface area contributed by atoms with E-state index in [0.29, 0.717) is 6.54 Å². The van der Waals surface area contributed by atoms with E-state index in [0.717, 1.165) is 46.3 Å². The summed E-state index contributed by atoms with van der Waals surface area (Å²) in [6, 6.07) is 24.9. The predicted octanol–water partition coefficient (Wildman–Crippen LogP) is 5.47. The molecular formula is C29H27N3O2. The molecule has 3 aromatic carbocycles. The maximum atomic E-state index is 13.0. The van der Waals surface area contributed by atoms with E-state index in [9.17, 15) is 4.79 Å². The Morgan fingerprint density at radius 3 is 2.59 bits per heavy atom. The fourth-order valence-corrected chi connectivity index (χ4v) is 5.44. The van der Waals surface area contributed by atoms with Crippen LogP contribution < -0.4 is 10.3 Å². The minimum absolute atomic E-state index is 0.0200. The summed E-state index contributed by atoms with van der Waals surface area (Å²) in [4.78, 5) is 22.2. The molecule has 0 fully saturated rings. The van der Waals surface area contributed by atoms with Gasteiger partial charge in [-0.1, -0.05) is 48.5 Å². The quantitative estimate of drug-likeness (QED) is 0.382. The molecule has 1 unspecified atom stereocenters. The van der Waals surface area contributed by atoms with Crippen LogP contribution in [0.3, 0.4) is 0 Å². The molecule has 0 saturated heterocycles. The van der Waals surface area contributed by atoms with Gasteiger partial charge < -0.3 is 14.7 Å². The van der Waals surface area contributed by atoms with Gasteiger partial charge in [0.05, 0.1) is 13.2 Å². The summed E-state index contributed by atoms with van der Waals surface area (Å²) in [6.45, 7) is 3.53. The zero-order valence-corrected chi connectivity index (χ0v) is 19.4. The summed E-state index contributed by atoms with van der Waals surface area (Å²) < 4.78 is 5.52. The average Bonchev–Trinajstić information content (AvgIpc) is 3.23. The number of nitrogens with zero attached hydrogens (tertiary/aromatic N) is 1. The largest absolute Gasteiger partial charge is 0.496 e. The highest BCUT2D eigenvalue weighted by Crippen LogP contribution is 2.40. The monoisotopic (exact) mass is 449 g/mol. The van der Waals surface area contributed by atoms with Crippen LogP contribution in [0.5, 0.6) is 5.75 Å². The highest BCUT2D eigenvalue weighted by Gasteiger charge is 2.32. The number of rotatable bonds is 4. The van der Waals surface area contributed by atoms with Crippen LogP contribution in [-0.4, -0.2) is 28.5 Å². The number of ether oxygens (including phenoxy) is 1. The number of fused-ring (bicyclic) bond motifs is 4. The lowest BCUT2D eigenvalue weighted by Crippen LogP contribution is -2.37. The van der Waals surface area contributed by atoms with Gasteiger partial charge in [-0.25, -0.2) is 0 Å². The van der Waals surface area contributed by atoms with Gasteiger partial charge in [0.15, 0.2) is 0 Å². The highest BCUT2D eigenvalue weighted by molar-refractivity contribution is 5.85. The maximum absolute atomic E-state index is 13.0. The molecule has 0 aliphatic carbocycles.